The van der Waals surface area contributed by atoms with E-state index in [2.05, 4.69) is 20.4 Å². The number of halogens is 1. The zero-order chi connectivity index (χ0) is 15.1. The lowest BCUT2D eigenvalue weighted by atomic mass is 10.2. The summed E-state index contributed by atoms with van der Waals surface area (Å²) in [4.78, 5) is 15.9. The molecule has 21 heavy (non-hydrogen) atoms. The molecule has 7 heteroatoms. The van der Waals surface area contributed by atoms with E-state index in [0.29, 0.717) is 23.6 Å². The summed E-state index contributed by atoms with van der Waals surface area (Å²) in [5, 5.41) is 6.36. The third-order valence-electron chi connectivity index (χ3n) is 2.54. The number of hydrogen-bond donors (Lipinski definition) is 2. The molecule has 2 N–H and O–H groups in total. The lowest BCUT2D eigenvalue weighted by molar-refractivity contribution is 0.0599. The van der Waals surface area contributed by atoms with Gasteiger partial charge in [-0.2, -0.15) is 0 Å². The Labute approximate surface area is 142 Å². The summed E-state index contributed by atoms with van der Waals surface area (Å²) in [6, 6.07) is 1.96. The van der Waals surface area contributed by atoms with Crippen molar-refractivity contribution in [3.63, 3.8) is 0 Å². The molecule has 1 heterocycles. The number of esters is 1. The van der Waals surface area contributed by atoms with E-state index in [-0.39, 0.29) is 30.0 Å². The normalized spacial score (nSPS) is 11.0. The lowest BCUT2D eigenvalue weighted by Gasteiger charge is -2.13. The van der Waals surface area contributed by atoms with Gasteiger partial charge in [-0.25, -0.2) is 9.79 Å². The number of aryl methyl sites for hydroxylation is 1. The van der Waals surface area contributed by atoms with Gasteiger partial charge >= 0.3 is 5.97 Å². The van der Waals surface area contributed by atoms with Gasteiger partial charge in [-0.15, -0.1) is 24.0 Å². The number of aliphatic imine (C=N–C) groups is 1. The quantitative estimate of drug-likeness (QED) is 0.338. The van der Waals surface area contributed by atoms with Gasteiger partial charge in [0.15, 0.2) is 5.96 Å². The van der Waals surface area contributed by atoms with E-state index in [0.717, 1.165) is 12.5 Å². The summed E-state index contributed by atoms with van der Waals surface area (Å²) in [5.74, 6) is 1.50. The highest BCUT2D eigenvalue weighted by atomic mass is 127. The van der Waals surface area contributed by atoms with Crippen LogP contribution in [0.1, 0.15) is 42.6 Å². The third-order valence-corrected chi connectivity index (χ3v) is 2.54. The Morgan fingerprint density at radius 2 is 2.14 bits per heavy atom. The number of furan rings is 1. The summed E-state index contributed by atoms with van der Waals surface area (Å²) < 4.78 is 10.2. The van der Waals surface area contributed by atoms with Crippen LogP contribution >= 0.6 is 24.0 Å². The summed E-state index contributed by atoms with van der Waals surface area (Å²) in [7, 11) is 1.35. The molecule has 0 aromatic carbocycles. The number of nitrogens with one attached hydrogen (secondary N) is 2. The minimum absolute atomic E-state index is 0. The molecule has 0 unspecified atom stereocenters. The predicted octanol–water partition coefficient (Wildman–Crippen LogP) is 2.46. The van der Waals surface area contributed by atoms with Crippen molar-refractivity contribution in [1.29, 1.82) is 0 Å². The van der Waals surface area contributed by atoms with Gasteiger partial charge < -0.3 is 19.8 Å². The first-order valence-corrected chi connectivity index (χ1v) is 6.70. The zero-order valence-corrected chi connectivity index (χ0v) is 15.5. The molecule has 1 aromatic rings. The molecule has 0 spiro atoms. The Morgan fingerprint density at radius 1 is 1.48 bits per heavy atom. The molecule has 0 saturated carbocycles. The Hall–Kier alpha value is -1.25. The van der Waals surface area contributed by atoms with Crippen molar-refractivity contribution in [2.45, 2.75) is 40.3 Å². The van der Waals surface area contributed by atoms with E-state index in [9.17, 15) is 4.79 Å². The molecule has 0 aliphatic heterocycles. The van der Waals surface area contributed by atoms with Gasteiger partial charge in [-0.05, 0) is 33.8 Å². The highest BCUT2D eigenvalue weighted by Crippen LogP contribution is 2.16. The number of nitrogens with zero attached hydrogens (tertiary/aromatic N) is 1. The molecule has 0 atom stereocenters. The Bertz CT molecular complexity index is 484. The molecule has 0 aliphatic carbocycles. The fraction of sp³-hybridized carbons (Fsp3) is 0.571. The molecule has 0 saturated heterocycles. The summed E-state index contributed by atoms with van der Waals surface area (Å²) in [5.41, 5.74) is 0.444. The Morgan fingerprint density at radius 3 is 2.67 bits per heavy atom. The molecule has 0 bridgehead atoms. The van der Waals surface area contributed by atoms with Crippen molar-refractivity contribution < 1.29 is 13.9 Å². The number of hydrogen-bond acceptors (Lipinski definition) is 4. The van der Waals surface area contributed by atoms with Gasteiger partial charge in [0.1, 0.15) is 23.6 Å². The number of rotatable bonds is 5. The van der Waals surface area contributed by atoms with Gasteiger partial charge in [-0.1, -0.05) is 0 Å². The fourth-order valence-electron chi connectivity index (χ4n) is 1.68. The van der Waals surface area contributed by atoms with Crippen molar-refractivity contribution in [2.75, 3.05) is 13.7 Å². The lowest BCUT2D eigenvalue weighted by Crippen LogP contribution is -2.40. The maximum Gasteiger partial charge on any atom is 0.341 e. The molecule has 0 radical (unpaired) electrons. The topological polar surface area (TPSA) is 75.9 Å². The maximum absolute atomic E-state index is 11.5. The molecule has 6 nitrogen and oxygen atoms in total. The van der Waals surface area contributed by atoms with E-state index in [1.165, 1.54) is 7.11 Å². The van der Waals surface area contributed by atoms with Gasteiger partial charge in [0.25, 0.3) is 0 Å². The van der Waals surface area contributed by atoms with Gasteiger partial charge in [0, 0.05) is 12.6 Å². The Balaban J connectivity index is 0.00000400. The van der Waals surface area contributed by atoms with Gasteiger partial charge in [0.2, 0.25) is 0 Å². The van der Waals surface area contributed by atoms with Crippen molar-refractivity contribution in [1.82, 2.24) is 10.6 Å². The summed E-state index contributed by atoms with van der Waals surface area (Å²) in [6.45, 7) is 8.96. The van der Waals surface area contributed by atoms with Gasteiger partial charge in [-0.3, -0.25) is 0 Å². The van der Waals surface area contributed by atoms with E-state index >= 15 is 0 Å². The zero-order valence-electron chi connectivity index (χ0n) is 13.1. The second kappa shape index (κ2) is 9.64. The second-order valence-corrected chi connectivity index (χ2v) is 4.67. The first-order chi connectivity index (χ1) is 9.47. The number of methoxy groups -OCH3 is 1. The molecule has 120 valence electrons. The summed E-state index contributed by atoms with van der Waals surface area (Å²) in [6.07, 6.45) is 0. The van der Waals surface area contributed by atoms with E-state index in [1.54, 1.807) is 13.0 Å². The standard InChI is InChI=1S/C14H23N3O3.HI/c1-6-15-14(17-9(2)3)16-8-11-7-12(10(4)20-11)13(18)19-5;/h7,9H,6,8H2,1-5H3,(H2,15,16,17);1H. The van der Waals surface area contributed by atoms with Crippen LogP contribution in [0.25, 0.3) is 0 Å². The van der Waals surface area contributed by atoms with Crippen LogP contribution in [0.15, 0.2) is 15.5 Å². The molecule has 0 fully saturated rings. The molecule has 1 aromatic heterocycles. The minimum Gasteiger partial charge on any atom is -0.465 e. The minimum atomic E-state index is -0.395. The highest BCUT2D eigenvalue weighted by Gasteiger charge is 2.15. The van der Waals surface area contributed by atoms with Crippen LogP contribution in [0, 0.1) is 6.92 Å². The molecule has 1 rings (SSSR count). The van der Waals surface area contributed by atoms with Crippen molar-refractivity contribution >= 4 is 35.9 Å². The average molecular weight is 409 g/mol. The third kappa shape index (κ3) is 6.36. The fourth-order valence-corrected chi connectivity index (χ4v) is 1.68. The first-order valence-electron chi connectivity index (χ1n) is 6.70. The highest BCUT2D eigenvalue weighted by molar-refractivity contribution is 14.0. The first kappa shape index (κ1) is 19.8. The Kier molecular flexibility index (Phi) is 9.07. The van der Waals surface area contributed by atoms with Crippen LogP contribution in [0.3, 0.4) is 0 Å². The predicted molar refractivity (Wildman–Crippen MR) is 93.3 cm³/mol. The number of carbonyl (C=O) groups is 1. The second-order valence-electron chi connectivity index (χ2n) is 4.67. The summed E-state index contributed by atoms with van der Waals surface area (Å²) >= 11 is 0. The van der Waals surface area contributed by atoms with Crippen LogP contribution in [0.5, 0.6) is 0 Å². The van der Waals surface area contributed by atoms with Crippen LogP contribution in [-0.2, 0) is 11.3 Å². The van der Waals surface area contributed by atoms with Crippen molar-refractivity contribution in [3.8, 4) is 0 Å². The van der Waals surface area contributed by atoms with E-state index < -0.39 is 5.97 Å². The van der Waals surface area contributed by atoms with Crippen LogP contribution < -0.4 is 10.6 Å². The number of ether oxygens (including phenoxy) is 1. The van der Waals surface area contributed by atoms with E-state index in [1.807, 2.05) is 20.8 Å². The maximum atomic E-state index is 11.5. The van der Waals surface area contributed by atoms with Crippen LogP contribution in [-0.4, -0.2) is 31.6 Å². The molecule has 0 amide bonds. The smallest absolute Gasteiger partial charge is 0.341 e. The number of carbonyl (C=O) groups excluding carboxylic acids is 1. The van der Waals surface area contributed by atoms with Crippen LogP contribution in [0.4, 0.5) is 0 Å². The van der Waals surface area contributed by atoms with E-state index in [4.69, 9.17) is 4.42 Å². The largest absolute Gasteiger partial charge is 0.465 e. The van der Waals surface area contributed by atoms with Crippen molar-refractivity contribution in [2.24, 2.45) is 4.99 Å². The SMILES string of the molecule is CCNC(=NCc1cc(C(=O)OC)c(C)o1)NC(C)C.I. The molecular formula is C14H24IN3O3. The monoisotopic (exact) mass is 409 g/mol. The molecular weight excluding hydrogens is 385 g/mol. The van der Waals surface area contributed by atoms with Crippen LogP contribution in [0.2, 0.25) is 0 Å². The molecule has 0 aliphatic rings. The number of guanidine groups is 1. The average Bonchev–Trinajstić information content (AvgIpc) is 2.76. The van der Waals surface area contributed by atoms with Crippen molar-refractivity contribution in [3.05, 3.63) is 23.2 Å². The van der Waals surface area contributed by atoms with Gasteiger partial charge in [0.05, 0.1) is 7.11 Å².